The van der Waals surface area contributed by atoms with Gasteiger partial charge in [0.15, 0.2) is 0 Å². The van der Waals surface area contributed by atoms with Crippen LogP contribution >= 0.6 is 37.2 Å². The van der Waals surface area contributed by atoms with Crippen LogP contribution in [0.2, 0.25) is 0 Å². The van der Waals surface area contributed by atoms with Crippen molar-refractivity contribution in [3.63, 3.8) is 0 Å². The molecule has 9 heteroatoms. The molecule has 81 valence electrons. The Morgan fingerprint density at radius 2 is 1.92 bits per heavy atom. The topological polar surface area (TPSA) is 72.6 Å². The van der Waals surface area contributed by atoms with Crippen LogP contribution in [0.3, 0.4) is 0 Å². The quantitative estimate of drug-likeness (QED) is 0.195. The number of aliphatic hydroxyl groups excluding tert-OH is 1. The molecule has 0 aromatic heterocycles. The first-order valence-corrected chi connectivity index (χ1v) is 15.5. The van der Waals surface area contributed by atoms with E-state index in [-0.39, 0.29) is 31.8 Å². The van der Waals surface area contributed by atoms with E-state index < -0.39 is 5.09 Å². The van der Waals surface area contributed by atoms with Gasteiger partial charge < -0.3 is 9.94 Å². The van der Waals surface area contributed by atoms with Crippen molar-refractivity contribution in [3.8, 4) is 0 Å². The molecule has 0 aliphatic rings. The first-order chi connectivity index (χ1) is 5.68. The zero-order valence-electron chi connectivity index (χ0n) is 6.53. The molecule has 0 rings (SSSR count). The van der Waals surface area contributed by atoms with Crippen molar-refractivity contribution >= 4 is 37.2 Å². The van der Waals surface area contributed by atoms with E-state index in [4.69, 9.17) is 5.11 Å². The molecule has 0 amide bonds. The molecular formula is C4H9I3NO4V-. The summed E-state index contributed by atoms with van der Waals surface area (Å²) in [5.41, 5.74) is 0. The summed E-state index contributed by atoms with van der Waals surface area (Å²) in [7, 11) is 0. The first-order valence-electron chi connectivity index (χ1n) is 2.94. The molecule has 0 saturated heterocycles. The number of rotatable bonds is 5. The van der Waals surface area contributed by atoms with Gasteiger partial charge in [-0.15, -0.1) is 10.1 Å². The first kappa shape index (κ1) is 20.4. The van der Waals surface area contributed by atoms with Crippen LogP contribution in [0.25, 0.3) is 0 Å². The molecular weight excluding hydrogens is 558 g/mol. The summed E-state index contributed by atoms with van der Waals surface area (Å²) in [6.07, 6.45) is 1.07. The maximum Gasteiger partial charge on any atom is 0.294 e. The van der Waals surface area contributed by atoms with Crippen LogP contribution in [0, 0.1) is 10.1 Å². The van der Waals surface area contributed by atoms with Crippen molar-refractivity contribution in [2.24, 2.45) is 0 Å². The van der Waals surface area contributed by atoms with Gasteiger partial charge in [0.1, 0.15) is 0 Å². The Bertz CT molecular complexity index is 109. The Morgan fingerprint density at radius 3 is 2.23 bits per heavy atom. The molecule has 0 aliphatic heterocycles. The normalized spacial score (nSPS) is 7.92. The van der Waals surface area contributed by atoms with Gasteiger partial charge >= 0.3 is 50.5 Å². The third-order valence-corrected chi connectivity index (χ3v) is 0.749. The number of aliphatic hydroxyl groups is 1. The van der Waals surface area contributed by atoms with Gasteiger partial charge in [-0.2, -0.15) is 0 Å². The van der Waals surface area contributed by atoms with Crippen molar-refractivity contribution in [2.45, 2.75) is 12.8 Å². The molecule has 0 aromatic carbocycles. The number of unbranched alkanes of at least 4 members (excludes halogenated alkanes) is 1. The van der Waals surface area contributed by atoms with Crippen molar-refractivity contribution in [1.29, 1.82) is 0 Å². The van der Waals surface area contributed by atoms with Crippen LogP contribution in [0.1, 0.15) is 12.8 Å². The summed E-state index contributed by atoms with van der Waals surface area (Å²) in [5, 5.41) is 16.9. The van der Waals surface area contributed by atoms with Gasteiger partial charge in [-0.1, -0.05) is 0 Å². The molecule has 5 nitrogen and oxygen atoms in total. The summed E-state index contributed by atoms with van der Waals surface area (Å²) in [6, 6.07) is 0. The van der Waals surface area contributed by atoms with E-state index in [1.807, 2.05) is 0 Å². The third kappa shape index (κ3) is 31.5. The smallest absolute Gasteiger partial charge is 0.294 e. The summed E-state index contributed by atoms with van der Waals surface area (Å²) < 4.78 is 0. The van der Waals surface area contributed by atoms with Crippen LogP contribution in [0.15, 0.2) is 0 Å². The molecule has 0 aliphatic carbocycles. The van der Waals surface area contributed by atoms with Gasteiger partial charge in [0.2, 0.25) is 0 Å². The minimum atomic E-state index is -0.836. The number of nitrogens with zero attached hydrogens (tertiary/aromatic N) is 1. The fourth-order valence-electron chi connectivity index (χ4n) is 0.353. The minimum absolute atomic E-state index is 0. The average Bonchev–Trinajstić information content (AvgIpc) is 1.99. The van der Waals surface area contributed by atoms with Crippen LogP contribution in [-0.2, 0) is 23.4 Å². The van der Waals surface area contributed by atoms with Crippen molar-refractivity contribution in [1.82, 2.24) is 0 Å². The second-order valence-corrected chi connectivity index (χ2v) is 17.8. The monoisotopic (exact) mass is 567 g/mol. The van der Waals surface area contributed by atoms with E-state index in [9.17, 15) is 10.1 Å². The maximum absolute atomic E-state index is 9.48. The predicted molar refractivity (Wildman–Crippen MR) is 57.3 cm³/mol. The summed E-state index contributed by atoms with van der Waals surface area (Å²) in [5.74, 6) is 0. The zero-order valence-corrected chi connectivity index (χ0v) is 14.4. The largest absolute Gasteiger partial charge is 0.396 e. The Balaban J connectivity index is -0.000000220. The predicted octanol–water partition coefficient (Wildman–Crippen LogP) is -1.26. The Hall–Kier alpha value is 1.93. The fraction of sp³-hybridized carbons (Fsp3) is 1.00. The van der Waals surface area contributed by atoms with Gasteiger partial charge in [0.05, 0.1) is 6.61 Å². The van der Waals surface area contributed by atoms with E-state index in [2.05, 4.69) is 42.1 Å². The van der Waals surface area contributed by atoms with E-state index in [0.29, 0.717) is 26.1 Å². The summed E-state index contributed by atoms with van der Waals surface area (Å²) >= 11 is 5.30. The average molecular weight is 567 g/mol. The van der Waals surface area contributed by atoms with E-state index in [1.165, 1.54) is 0 Å². The zero-order chi connectivity index (χ0) is 9.82. The molecule has 0 spiro atoms. The Labute approximate surface area is 118 Å². The minimum Gasteiger partial charge on any atom is -0.396 e. The second-order valence-electron chi connectivity index (χ2n) is 1.54. The summed E-state index contributed by atoms with van der Waals surface area (Å²) in [4.78, 5) is 13.4. The van der Waals surface area contributed by atoms with Crippen LogP contribution in [-0.4, -0.2) is 23.4 Å². The molecule has 0 unspecified atom stereocenters. The van der Waals surface area contributed by atoms with Crippen LogP contribution in [0.4, 0.5) is 0 Å². The van der Waals surface area contributed by atoms with Crippen LogP contribution < -0.4 is 13.3 Å². The number of halogens is 3. The van der Waals surface area contributed by atoms with Crippen molar-refractivity contribution < 1.29 is 46.8 Å². The summed E-state index contributed by atoms with van der Waals surface area (Å²) in [6.45, 7) is 0.134. The van der Waals surface area contributed by atoms with Gasteiger partial charge in [-0.25, -0.2) is 0 Å². The molecule has 0 aromatic rings. The van der Waals surface area contributed by atoms with Crippen molar-refractivity contribution in [2.75, 3.05) is 13.2 Å². The second kappa shape index (κ2) is 19.5. The molecule has 0 atom stereocenters. The maximum atomic E-state index is 9.48. The molecule has 0 fully saturated rings. The van der Waals surface area contributed by atoms with Crippen molar-refractivity contribution in [3.05, 3.63) is 10.1 Å². The molecule has 0 saturated carbocycles. The standard InChI is InChI=1S/C4H9NO4.I3.V/c6-3-1-2-4-9-5(7)8;1-3-2;/h6H,1-4H2;;/q;-1;. The Kier molecular flexibility index (Phi) is 30.5. The van der Waals surface area contributed by atoms with E-state index >= 15 is 0 Å². The molecule has 0 heterocycles. The molecule has 1 radical (unpaired) electrons. The number of hydrogen-bond acceptors (Lipinski definition) is 4. The number of hydrogen-bond donors (Lipinski definition) is 1. The van der Waals surface area contributed by atoms with Gasteiger partial charge in [-0.05, 0) is 12.8 Å². The molecule has 0 bridgehead atoms. The van der Waals surface area contributed by atoms with Gasteiger partial charge in [0.25, 0.3) is 5.09 Å². The van der Waals surface area contributed by atoms with E-state index in [1.54, 1.807) is 0 Å². The third-order valence-electron chi connectivity index (χ3n) is 0.749. The molecule has 13 heavy (non-hydrogen) atoms. The van der Waals surface area contributed by atoms with Gasteiger partial charge in [-0.3, -0.25) is 0 Å². The van der Waals surface area contributed by atoms with Crippen LogP contribution in [0.5, 0.6) is 0 Å². The van der Waals surface area contributed by atoms with Gasteiger partial charge in [0, 0.05) is 25.2 Å². The SMILES string of the molecule is I[I-]I.O=[N+]([O-])OCCCCO.[V]. The fourth-order valence-corrected chi connectivity index (χ4v) is 0.353. The Morgan fingerprint density at radius 1 is 1.46 bits per heavy atom. The van der Waals surface area contributed by atoms with E-state index in [0.717, 1.165) is 0 Å². The molecule has 1 N–H and O–H groups in total.